The third kappa shape index (κ3) is 2.71. The molecule has 2 aliphatic rings. The number of hydrogen-bond donors (Lipinski definition) is 1. The first-order valence-electron chi connectivity index (χ1n) is 7.51. The minimum Gasteiger partial charge on any atom is -0.342 e. The van der Waals surface area contributed by atoms with Crippen LogP contribution in [0.25, 0.3) is 0 Å². The molecule has 1 amide bonds. The Morgan fingerprint density at radius 1 is 1.17 bits per heavy atom. The van der Waals surface area contributed by atoms with Gasteiger partial charge in [0, 0.05) is 18.5 Å². The lowest BCUT2D eigenvalue weighted by molar-refractivity contribution is -0.144. The average molecular weight is 252 g/mol. The van der Waals surface area contributed by atoms with Gasteiger partial charge in [-0.05, 0) is 44.7 Å². The van der Waals surface area contributed by atoms with Gasteiger partial charge in [0.15, 0.2) is 0 Å². The highest BCUT2D eigenvalue weighted by Gasteiger charge is 2.40. The van der Waals surface area contributed by atoms with Crippen LogP contribution in [0.2, 0.25) is 0 Å². The maximum Gasteiger partial charge on any atom is 0.228 e. The van der Waals surface area contributed by atoms with Gasteiger partial charge in [-0.1, -0.05) is 26.7 Å². The Balaban J connectivity index is 2.00. The zero-order valence-electron chi connectivity index (χ0n) is 12.2. The molecule has 1 saturated heterocycles. The number of amides is 1. The SMILES string of the molecule is CN(C(=O)C(C)(C)C1CCCNC1)C1CCCC1. The first-order valence-corrected chi connectivity index (χ1v) is 7.51. The summed E-state index contributed by atoms with van der Waals surface area (Å²) >= 11 is 0. The summed E-state index contributed by atoms with van der Waals surface area (Å²) in [6.07, 6.45) is 7.35. The second kappa shape index (κ2) is 5.60. The quantitative estimate of drug-likeness (QED) is 0.836. The summed E-state index contributed by atoms with van der Waals surface area (Å²) in [6.45, 7) is 6.38. The maximum atomic E-state index is 12.7. The topological polar surface area (TPSA) is 32.3 Å². The van der Waals surface area contributed by atoms with Crippen molar-refractivity contribution >= 4 is 5.91 Å². The number of nitrogens with one attached hydrogen (secondary N) is 1. The molecule has 1 saturated carbocycles. The Morgan fingerprint density at radius 3 is 2.39 bits per heavy atom. The van der Waals surface area contributed by atoms with Gasteiger partial charge >= 0.3 is 0 Å². The lowest BCUT2D eigenvalue weighted by Crippen LogP contribution is -2.50. The Morgan fingerprint density at radius 2 is 1.83 bits per heavy atom. The highest BCUT2D eigenvalue weighted by Crippen LogP contribution is 2.35. The molecule has 1 N–H and O–H groups in total. The number of piperidine rings is 1. The standard InChI is InChI=1S/C15H28N2O/c1-15(2,12-7-6-10-16-11-12)14(18)17(3)13-8-4-5-9-13/h12-13,16H,4-11H2,1-3H3. The smallest absolute Gasteiger partial charge is 0.228 e. The van der Waals surface area contributed by atoms with Crippen molar-refractivity contribution in [2.75, 3.05) is 20.1 Å². The molecule has 3 heteroatoms. The molecule has 1 unspecified atom stereocenters. The summed E-state index contributed by atoms with van der Waals surface area (Å²) in [4.78, 5) is 14.8. The van der Waals surface area contributed by atoms with Gasteiger partial charge in [-0.25, -0.2) is 0 Å². The van der Waals surface area contributed by atoms with Crippen molar-refractivity contribution in [3.63, 3.8) is 0 Å². The Hall–Kier alpha value is -0.570. The second-order valence-corrected chi connectivity index (χ2v) is 6.62. The van der Waals surface area contributed by atoms with E-state index in [1.807, 2.05) is 11.9 Å². The molecule has 0 bridgehead atoms. The van der Waals surface area contributed by atoms with E-state index >= 15 is 0 Å². The van der Waals surface area contributed by atoms with Crippen molar-refractivity contribution in [2.45, 2.75) is 58.4 Å². The summed E-state index contributed by atoms with van der Waals surface area (Å²) in [6, 6.07) is 0.494. The van der Waals surface area contributed by atoms with Gasteiger partial charge in [0.1, 0.15) is 0 Å². The lowest BCUT2D eigenvalue weighted by atomic mass is 9.74. The third-order valence-electron chi connectivity index (χ3n) is 5.06. The van der Waals surface area contributed by atoms with E-state index in [-0.39, 0.29) is 5.41 Å². The van der Waals surface area contributed by atoms with Crippen LogP contribution in [0.4, 0.5) is 0 Å². The van der Waals surface area contributed by atoms with Crippen LogP contribution in [0, 0.1) is 11.3 Å². The molecular formula is C15H28N2O. The minimum absolute atomic E-state index is 0.217. The fourth-order valence-corrected chi connectivity index (χ4v) is 3.55. The van der Waals surface area contributed by atoms with Gasteiger partial charge in [-0.2, -0.15) is 0 Å². The second-order valence-electron chi connectivity index (χ2n) is 6.62. The summed E-state index contributed by atoms with van der Waals surface area (Å²) < 4.78 is 0. The first-order chi connectivity index (χ1) is 8.53. The van der Waals surface area contributed by atoms with Gasteiger partial charge in [0.2, 0.25) is 5.91 Å². The molecule has 3 nitrogen and oxygen atoms in total. The summed E-state index contributed by atoms with van der Waals surface area (Å²) in [5, 5.41) is 3.43. The van der Waals surface area contributed by atoms with Crippen molar-refractivity contribution in [2.24, 2.45) is 11.3 Å². The van der Waals surface area contributed by atoms with E-state index in [1.54, 1.807) is 0 Å². The van der Waals surface area contributed by atoms with Crippen molar-refractivity contribution in [3.8, 4) is 0 Å². The number of rotatable bonds is 3. The number of carbonyl (C=O) groups is 1. The van der Waals surface area contributed by atoms with Gasteiger partial charge in [0.25, 0.3) is 0 Å². The van der Waals surface area contributed by atoms with Crippen molar-refractivity contribution in [1.82, 2.24) is 10.2 Å². The van der Waals surface area contributed by atoms with E-state index < -0.39 is 0 Å². The van der Waals surface area contributed by atoms with E-state index in [9.17, 15) is 4.79 Å². The van der Waals surface area contributed by atoms with E-state index in [4.69, 9.17) is 0 Å². The molecule has 1 aliphatic heterocycles. The summed E-state index contributed by atoms with van der Waals surface area (Å²) in [5.41, 5.74) is -0.217. The van der Waals surface area contributed by atoms with Crippen molar-refractivity contribution in [3.05, 3.63) is 0 Å². The molecule has 1 atom stereocenters. The lowest BCUT2D eigenvalue weighted by Gasteiger charge is -2.40. The van der Waals surface area contributed by atoms with Crippen LogP contribution in [-0.4, -0.2) is 37.0 Å². The van der Waals surface area contributed by atoms with Crippen LogP contribution in [-0.2, 0) is 4.79 Å². The maximum absolute atomic E-state index is 12.7. The molecular weight excluding hydrogens is 224 g/mol. The van der Waals surface area contributed by atoms with Crippen molar-refractivity contribution < 1.29 is 4.79 Å². The Bertz CT molecular complexity index is 289. The molecule has 1 aliphatic carbocycles. The van der Waals surface area contributed by atoms with Crippen LogP contribution in [0.3, 0.4) is 0 Å². The molecule has 18 heavy (non-hydrogen) atoms. The van der Waals surface area contributed by atoms with Crippen molar-refractivity contribution in [1.29, 1.82) is 0 Å². The predicted molar refractivity (Wildman–Crippen MR) is 74.4 cm³/mol. The van der Waals surface area contributed by atoms with Crippen LogP contribution < -0.4 is 5.32 Å². The molecule has 0 spiro atoms. The first kappa shape index (κ1) is 13.9. The van der Waals surface area contributed by atoms with Gasteiger partial charge in [-0.3, -0.25) is 4.79 Å². The van der Waals surface area contributed by atoms with Crippen LogP contribution in [0.15, 0.2) is 0 Å². The van der Waals surface area contributed by atoms with Gasteiger partial charge in [-0.15, -0.1) is 0 Å². The number of carbonyl (C=O) groups excluding carboxylic acids is 1. The van der Waals surface area contributed by atoms with E-state index in [0.717, 1.165) is 13.1 Å². The summed E-state index contributed by atoms with van der Waals surface area (Å²) in [7, 11) is 2.01. The molecule has 0 radical (unpaired) electrons. The fraction of sp³-hybridized carbons (Fsp3) is 0.933. The predicted octanol–water partition coefficient (Wildman–Crippen LogP) is 2.41. The molecule has 1 heterocycles. The van der Waals surface area contributed by atoms with Crippen LogP contribution in [0.1, 0.15) is 52.4 Å². The Labute approximate surface area is 111 Å². The largest absolute Gasteiger partial charge is 0.342 e. The van der Waals surface area contributed by atoms with E-state index in [0.29, 0.717) is 17.9 Å². The third-order valence-corrected chi connectivity index (χ3v) is 5.06. The van der Waals surface area contributed by atoms with E-state index in [1.165, 1.54) is 38.5 Å². The minimum atomic E-state index is -0.217. The van der Waals surface area contributed by atoms with Crippen LogP contribution in [0.5, 0.6) is 0 Å². The molecule has 2 fully saturated rings. The molecule has 0 aromatic heterocycles. The average Bonchev–Trinajstić information content (AvgIpc) is 2.92. The highest BCUT2D eigenvalue weighted by molar-refractivity contribution is 5.82. The number of nitrogens with zero attached hydrogens (tertiary/aromatic N) is 1. The molecule has 0 aromatic rings. The molecule has 104 valence electrons. The highest BCUT2D eigenvalue weighted by atomic mass is 16.2. The van der Waals surface area contributed by atoms with E-state index in [2.05, 4.69) is 19.2 Å². The fourth-order valence-electron chi connectivity index (χ4n) is 3.55. The number of hydrogen-bond acceptors (Lipinski definition) is 2. The molecule has 0 aromatic carbocycles. The molecule has 2 rings (SSSR count). The summed E-state index contributed by atoms with van der Waals surface area (Å²) in [5.74, 6) is 0.839. The zero-order valence-corrected chi connectivity index (χ0v) is 12.2. The van der Waals surface area contributed by atoms with Gasteiger partial charge in [0.05, 0.1) is 0 Å². The Kier molecular flexibility index (Phi) is 4.31. The van der Waals surface area contributed by atoms with Crippen LogP contribution >= 0.6 is 0 Å². The monoisotopic (exact) mass is 252 g/mol. The normalized spacial score (nSPS) is 26.3. The zero-order chi connectivity index (χ0) is 13.2. The van der Waals surface area contributed by atoms with Gasteiger partial charge < -0.3 is 10.2 Å².